The van der Waals surface area contributed by atoms with E-state index in [1.807, 2.05) is 48.5 Å². The molecule has 0 bridgehead atoms. The fourth-order valence-electron chi connectivity index (χ4n) is 3.77. The van der Waals surface area contributed by atoms with E-state index < -0.39 is 0 Å². The summed E-state index contributed by atoms with van der Waals surface area (Å²) in [6.07, 6.45) is -0.328. The number of hydrogen-bond donors (Lipinski definition) is 1. The van der Waals surface area contributed by atoms with E-state index in [4.69, 9.17) is 9.47 Å². The van der Waals surface area contributed by atoms with Gasteiger partial charge in [0, 0.05) is 35.8 Å². The molecular formula is C23H24N2O4S. The van der Waals surface area contributed by atoms with Crippen LogP contribution in [0.5, 0.6) is 5.75 Å². The molecule has 1 aromatic heterocycles. The Morgan fingerprint density at radius 1 is 1.20 bits per heavy atom. The van der Waals surface area contributed by atoms with E-state index in [9.17, 15) is 9.59 Å². The predicted molar refractivity (Wildman–Crippen MR) is 117 cm³/mol. The van der Waals surface area contributed by atoms with Crippen LogP contribution in [0.3, 0.4) is 0 Å². The average molecular weight is 425 g/mol. The third-order valence-corrected chi connectivity index (χ3v) is 6.49. The number of para-hydroxylation sites is 1. The van der Waals surface area contributed by atoms with Gasteiger partial charge in [0.05, 0.1) is 25.1 Å². The summed E-state index contributed by atoms with van der Waals surface area (Å²) in [6.45, 7) is 3.40. The number of benzene rings is 2. The maximum atomic E-state index is 13.2. The van der Waals surface area contributed by atoms with E-state index in [2.05, 4.69) is 5.32 Å². The molecule has 0 aliphatic carbocycles. The average Bonchev–Trinajstić information content (AvgIpc) is 3.17. The molecule has 30 heavy (non-hydrogen) atoms. The van der Waals surface area contributed by atoms with Crippen LogP contribution in [0.1, 0.15) is 33.8 Å². The summed E-state index contributed by atoms with van der Waals surface area (Å²) in [4.78, 5) is 27.5. The molecule has 156 valence electrons. The Hall–Kier alpha value is -2.90. The topological polar surface area (TPSA) is 67.9 Å². The number of methoxy groups -OCH3 is 1. The molecule has 1 aliphatic rings. The number of nitrogens with zero attached hydrogens (tertiary/aromatic N) is 1. The summed E-state index contributed by atoms with van der Waals surface area (Å²) in [5.41, 5.74) is 1.77. The van der Waals surface area contributed by atoms with Gasteiger partial charge in [0.25, 0.3) is 5.91 Å². The molecule has 2 heterocycles. The second-order valence-corrected chi connectivity index (χ2v) is 8.21. The Balaban J connectivity index is 1.64. The van der Waals surface area contributed by atoms with Gasteiger partial charge in [-0.3, -0.25) is 9.59 Å². The minimum absolute atomic E-state index is 0.0185. The van der Waals surface area contributed by atoms with Crippen molar-refractivity contribution >= 4 is 33.2 Å². The Bertz CT molecular complexity index is 1080. The Morgan fingerprint density at radius 3 is 2.77 bits per heavy atom. The van der Waals surface area contributed by atoms with E-state index in [-0.39, 0.29) is 17.9 Å². The highest BCUT2D eigenvalue weighted by Crippen LogP contribution is 2.38. The number of thiophene rings is 1. The van der Waals surface area contributed by atoms with Gasteiger partial charge in [-0.05, 0) is 17.5 Å². The number of fused-ring (bicyclic) bond motifs is 1. The van der Waals surface area contributed by atoms with Gasteiger partial charge < -0.3 is 19.7 Å². The highest BCUT2D eigenvalue weighted by Gasteiger charge is 2.30. The van der Waals surface area contributed by atoms with Gasteiger partial charge in [0.1, 0.15) is 11.9 Å². The van der Waals surface area contributed by atoms with Crippen molar-refractivity contribution in [3.05, 3.63) is 64.5 Å². The number of carbonyl (C=O) groups is 2. The van der Waals surface area contributed by atoms with Crippen LogP contribution in [-0.2, 0) is 16.1 Å². The normalized spacial score (nSPS) is 16.5. The van der Waals surface area contributed by atoms with E-state index in [1.165, 1.54) is 11.3 Å². The van der Waals surface area contributed by atoms with Crippen molar-refractivity contribution in [3.63, 3.8) is 0 Å². The number of morpholine rings is 1. The van der Waals surface area contributed by atoms with Crippen LogP contribution in [0, 0.1) is 0 Å². The first-order valence-electron chi connectivity index (χ1n) is 9.87. The molecule has 3 aromatic rings. The number of ether oxygens (including phenoxy) is 2. The molecule has 1 atom stereocenters. The summed E-state index contributed by atoms with van der Waals surface area (Å²) in [5, 5.41) is 4.02. The molecule has 1 N–H and O–H groups in total. The molecule has 0 spiro atoms. The minimum Gasteiger partial charge on any atom is -0.496 e. The van der Waals surface area contributed by atoms with Crippen molar-refractivity contribution in [3.8, 4) is 5.75 Å². The molecule has 1 aliphatic heterocycles. The molecule has 4 rings (SSSR count). The van der Waals surface area contributed by atoms with E-state index >= 15 is 0 Å². The molecular weight excluding hydrogens is 400 g/mol. The Labute approximate surface area is 179 Å². The zero-order valence-corrected chi connectivity index (χ0v) is 17.8. The summed E-state index contributed by atoms with van der Waals surface area (Å²) in [7, 11) is 1.62. The standard InChI is InChI=1S/C23H24N2O4S/c1-15(26)25-11-12-29-19(14-25)21-17-8-4-6-10-20(17)30-22(21)23(27)24-13-16-7-3-5-9-18(16)28-2/h3-10,19H,11-14H2,1-2H3,(H,24,27)/t19-/m1/s1. The lowest BCUT2D eigenvalue weighted by atomic mass is 10.0. The molecule has 2 amide bonds. The molecule has 0 radical (unpaired) electrons. The second-order valence-electron chi connectivity index (χ2n) is 7.16. The molecule has 1 saturated heterocycles. The predicted octanol–water partition coefficient (Wildman–Crippen LogP) is 3.76. The van der Waals surface area contributed by atoms with Gasteiger partial charge >= 0.3 is 0 Å². The van der Waals surface area contributed by atoms with Gasteiger partial charge in [-0.25, -0.2) is 0 Å². The first kappa shape index (κ1) is 20.4. The number of amides is 2. The lowest BCUT2D eigenvalue weighted by Gasteiger charge is -2.32. The number of rotatable bonds is 5. The van der Waals surface area contributed by atoms with Crippen LogP contribution in [-0.4, -0.2) is 43.5 Å². The van der Waals surface area contributed by atoms with Crippen LogP contribution in [0.2, 0.25) is 0 Å². The van der Waals surface area contributed by atoms with Gasteiger partial charge in [-0.1, -0.05) is 36.4 Å². The van der Waals surface area contributed by atoms with Gasteiger partial charge in [0.2, 0.25) is 5.91 Å². The third-order valence-electron chi connectivity index (χ3n) is 5.31. The third kappa shape index (κ3) is 4.04. The summed E-state index contributed by atoms with van der Waals surface area (Å²) < 4.78 is 12.4. The van der Waals surface area contributed by atoms with Crippen LogP contribution >= 0.6 is 11.3 Å². The molecule has 2 aromatic carbocycles. The Morgan fingerprint density at radius 2 is 1.97 bits per heavy atom. The van der Waals surface area contributed by atoms with Crippen LogP contribution in [0.4, 0.5) is 0 Å². The smallest absolute Gasteiger partial charge is 0.262 e. The number of nitrogens with one attached hydrogen (secondary N) is 1. The van der Waals surface area contributed by atoms with Crippen molar-refractivity contribution < 1.29 is 19.1 Å². The summed E-state index contributed by atoms with van der Waals surface area (Å²) in [5.74, 6) is 0.604. The quantitative estimate of drug-likeness (QED) is 0.677. The van der Waals surface area contributed by atoms with Crippen molar-refractivity contribution in [2.75, 3.05) is 26.8 Å². The molecule has 0 unspecified atom stereocenters. The summed E-state index contributed by atoms with van der Waals surface area (Å²) in [6, 6.07) is 15.6. The Kier molecular flexibility index (Phi) is 6.01. The van der Waals surface area contributed by atoms with Crippen LogP contribution < -0.4 is 10.1 Å². The van der Waals surface area contributed by atoms with Gasteiger partial charge in [-0.2, -0.15) is 0 Å². The zero-order chi connectivity index (χ0) is 21.1. The highest BCUT2D eigenvalue weighted by molar-refractivity contribution is 7.21. The van der Waals surface area contributed by atoms with Gasteiger partial charge in [-0.15, -0.1) is 11.3 Å². The minimum atomic E-state index is -0.328. The molecule has 1 fully saturated rings. The van der Waals surface area contributed by atoms with E-state index in [0.717, 1.165) is 27.0 Å². The first-order chi connectivity index (χ1) is 14.6. The van der Waals surface area contributed by atoms with Crippen LogP contribution in [0.15, 0.2) is 48.5 Å². The fourth-order valence-corrected chi connectivity index (χ4v) is 4.94. The lowest BCUT2D eigenvalue weighted by Crippen LogP contribution is -2.41. The van der Waals surface area contributed by atoms with Crippen molar-refractivity contribution in [2.24, 2.45) is 0 Å². The highest BCUT2D eigenvalue weighted by atomic mass is 32.1. The SMILES string of the molecule is COc1ccccc1CNC(=O)c1sc2ccccc2c1[C@H]1CN(C(C)=O)CCO1. The van der Waals surface area contributed by atoms with Crippen molar-refractivity contribution in [2.45, 2.75) is 19.6 Å². The fraction of sp³-hybridized carbons (Fsp3) is 0.304. The molecule has 6 nitrogen and oxygen atoms in total. The number of hydrogen-bond acceptors (Lipinski definition) is 5. The maximum absolute atomic E-state index is 13.2. The monoisotopic (exact) mass is 424 g/mol. The maximum Gasteiger partial charge on any atom is 0.262 e. The molecule has 7 heteroatoms. The molecule has 0 saturated carbocycles. The number of carbonyl (C=O) groups excluding carboxylic acids is 2. The largest absolute Gasteiger partial charge is 0.496 e. The van der Waals surface area contributed by atoms with E-state index in [0.29, 0.717) is 31.1 Å². The van der Waals surface area contributed by atoms with Crippen LogP contribution in [0.25, 0.3) is 10.1 Å². The second kappa shape index (κ2) is 8.85. The van der Waals surface area contributed by atoms with E-state index in [1.54, 1.807) is 18.9 Å². The lowest BCUT2D eigenvalue weighted by molar-refractivity contribution is -0.136. The van der Waals surface area contributed by atoms with Gasteiger partial charge in [0.15, 0.2) is 0 Å². The zero-order valence-electron chi connectivity index (χ0n) is 17.0. The first-order valence-corrected chi connectivity index (χ1v) is 10.7. The summed E-state index contributed by atoms with van der Waals surface area (Å²) >= 11 is 1.45. The van der Waals surface area contributed by atoms with Crippen molar-refractivity contribution in [1.29, 1.82) is 0 Å². The van der Waals surface area contributed by atoms with Crippen molar-refractivity contribution in [1.82, 2.24) is 10.2 Å².